The van der Waals surface area contributed by atoms with Gasteiger partial charge in [0.1, 0.15) is 10.1 Å². The van der Waals surface area contributed by atoms with Crippen LogP contribution in [0.5, 0.6) is 0 Å². The summed E-state index contributed by atoms with van der Waals surface area (Å²) < 4.78 is 33.0. The third-order valence-electron chi connectivity index (χ3n) is 3.79. The molecule has 0 saturated heterocycles. The topological polar surface area (TPSA) is 115 Å². The SMILES string of the molecule is CC1=NN(c2ccc(S(=O)(=O)[O-])cc2)C(=O)C1N=Nc1ccc(C)cc1.[Na+]. The van der Waals surface area contributed by atoms with E-state index in [4.69, 9.17) is 0 Å². The maximum Gasteiger partial charge on any atom is 1.00 e. The minimum atomic E-state index is -4.54. The van der Waals surface area contributed by atoms with Crippen molar-refractivity contribution in [1.29, 1.82) is 0 Å². The number of azo groups is 1. The van der Waals surface area contributed by atoms with Crippen LogP contribution in [0, 0.1) is 6.92 Å². The van der Waals surface area contributed by atoms with Gasteiger partial charge in [-0.1, -0.05) is 17.7 Å². The van der Waals surface area contributed by atoms with Crippen molar-refractivity contribution >= 4 is 33.1 Å². The third-order valence-corrected chi connectivity index (χ3v) is 4.64. The van der Waals surface area contributed by atoms with Crippen molar-refractivity contribution in [3.63, 3.8) is 0 Å². The number of hydrogen-bond acceptors (Lipinski definition) is 7. The Hall–Kier alpha value is -1.91. The van der Waals surface area contributed by atoms with E-state index in [0.717, 1.165) is 22.7 Å². The number of amides is 1. The summed E-state index contributed by atoms with van der Waals surface area (Å²) in [6, 6.07) is 11.5. The third kappa shape index (κ3) is 4.88. The molecule has 1 amide bonds. The van der Waals surface area contributed by atoms with Crippen LogP contribution in [0.25, 0.3) is 0 Å². The number of benzene rings is 2. The van der Waals surface area contributed by atoms with Crippen LogP contribution in [0.1, 0.15) is 12.5 Å². The van der Waals surface area contributed by atoms with Gasteiger partial charge in [-0.2, -0.15) is 20.3 Å². The Morgan fingerprint density at radius 2 is 1.63 bits per heavy atom. The summed E-state index contributed by atoms with van der Waals surface area (Å²) in [7, 11) is -4.54. The normalized spacial score (nSPS) is 17.1. The van der Waals surface area contributed by atoms with Crippen molar-refractivity contribution in [3.05, 3.63) is 54.1 Å². The molecule has 0 radical (unpaired) electrons. The molecule has 2 aromatic rings. The van der Waals surface area contributed by atoms with Crippen molar-refractivity contribution in [1.82, 2.24) is 0 Å². The monoisotopic (exact) mass is 394 g/mol. The van der Waals surface area contributed by atoms with Gasteiger partial charge in [0.05, 0.1) is 22.0 Å². The molecule has 1 heterocycles. The van der Waals surface area contributed by atoms with Gasteiger partial charge in [-0.15, -0.1) is 0 Å². The maximum absolute atomic E-state index is 12.6. The molecule has 1 unspecified atom stereocenters. The van der Waals surface area contributed by atoms with E-state index in [0.29, 0.717) is 17.1 Å². The second kappa shape index (κ2) is 8.41. The van der Waals surface area contributed by atoms with Gasteiger partial charge in [0, 0.05) is 0 Å². The van der Waals surface area contributed by atoms with Crippen LogP contribution < -0.4 is 34.6 Å². The van der Waals surface area contributed by atoms with Crippen LogP contribution in [0.4, 0.5) is 11.4 Å². The molecule has 3 rings (SSSR count). The Kier molecular flexibility index (Phi) is 6.66. The standard InChI is InChI=1S/C17H16N4O4S.Na/c1-11-3-5-13(6-4-11)18-19-16-12(2)20-21(17(16)22)14-7-9-15(10-8-14)26(23,24)25;/h3-10,16H,1-2H3,(H,23,24,25);/q;+1/p-1. The molecule has 0 aliphatic carbocycles. The Morgan fingerprint density at radius 1 is 1.04 bits per heavy atom. The molecule has 0 bridgehead atoms. The number of hydrazone groups is 1. The van der Waals surface area contributed by atoms with E-state index in [2.05, 4.69) is 15.3 Å². The summed E-state index contributed by atoms with van der Waals surface area (Å²) in [5.74, 6) is -0.406. The fourth-order valence-electron chi connectivity index (χ4n) is 2.36. The first-order valence-electron chi connectivity index (χ1n) is 7.68. The summed E-state index contributed by atoms with van der Waals surface area (Å²) in [6.07, 6.45) is 0. The molecule has 0 saturated carbocycles. The molecule has 1 aliphatic heterocycles. The van der Waals surface area contributed by atoms with Crippen LogP contribution in [-0.2, 0) is 14.9 Å². The predicted molar refractivity (Wildman–Crippen MR) is 94.5 cm³/mol. The molecule has 10 heteroatoms. The van der Waals surface area contributed by atoms with Gasteiger partial charge in [-0.25, -0.2) is 8.42 Å². The number of nitrogens with zero attached hydrogens (tertiary/aromatic N) is 4. The smallest absolute Gasteiger partial charge is 0.744 e. The molecular weight excluding hydrogens is 379 g/mol. The van der Waals surface area contributed by atoms with Crippen LogP contribution in [0.3, 0.4) is 0 Å². The molecule has 0 N–H and O–H groups in total. The molecule has 1 atom stereocenters. The fraction of sp³-hybridized carbons (Fsp3) is 0.176. The number of rotatable bonds is 4. The first-order valence-corrected chi connectivity index (χ1v) is 9.09. The predicted octanol–water partition coefficient (Wildman–Crippen LogP) is -0.222. The van der Waals surface area contributed by atoms with Crippen molar-refractivity contribution < 1.29 is 47.3 Å². The first kappa shape index (κ1) is 21.4. The largest absolute Gasteiger partial charge is 1.00 e. The van der Waals surface area contributed by atoms with E-state index in [9.17, 15) is 17.8 Å². The van der Waals surface area contributed by atoms with Crippen molar-refractivity contribution in [2.45, 2.75) is 24.8 Å². The molecule has 0 aromatic heterocycles. The molecule has 134 valence electrons. The summed E-state index contributed by atoms with van der Waals surface area (Å²) in [4.78, 5) is 12.2. The van der Waals surface area contributed by atoms with Crippen LogP contribution >= 0.6 is 0 Å². The average molecular weight is 394 g/mol. The number of hydrogen-bond donors (Lipinski definition) is 0. The van der Waals surface area contributed by atoms with Crippen LogP contribution in [0.2, 0.25) is 0 Å². The van der Waals surface area contributed by atoms with E-state index < -0.39 is 22.1 Å². The quantitative estimate of drug-likeness (QED) is 0.405. The minimum Gasteiger partial charge on any atom is -0.744 e. The number of aryl methyl sites for hydroxylation is 1. The maximum atomic E-state index is 12.6. The Morgan fingerprint density at radius 3 is 2.19 bits per heavy atom. The summed E-state index contributed by atoms with van der Waals surface area (Å²) in [5, 5.41) is 13.4. The van der Waals surface area contributed by atoms with Crippen LogP contribution in [-0.4, -0.2) is 30.6 Å². The average Bonchev–Trinajstić information content (AvgIpc) is 2.88. The number of carbonyl (C=O) groups is 1. The Balaban J connectivity index is 0.00000261. The second-order valence-corrected chi connectivity index (χ2v) is 7.17. The number of carbonyl (C=O) groups excluding carboxylic acids is 1. The molecule has 2 aromatic carbocycles. The van der Waals surface area contributed by atoms with Gasteiger partial charge in [0.25, 0.3) is 5.91 Å². The zero-order valence-electron chi connectivity index (χ0n) is 15.0. The van der Waals surface area contributed by atoms with Gasteiger partial charge < -0.3 is 4.55 Å². The van der Waals surface area contributed by atoms with Crippen molar-refractivity contribution in [2.75, 3.05) is 5.01 Å². The summed E-state index contributed by atoms with van der Waals surface area (Å²) in [6.45, 7) is 3.62. The van der Waals surface area contributed by atoms with Crippen molar-refractivity contribution in [2.24, 2.45) is 15.3 Å². The molecular formula is C17H15N4NaO4S. The van der Waals surface area contributed by atoms with Gasteiger partial charge in [-0.05, 0) is 50.2 Å². The van der Waals surface area contributed by atoms with Crippen LogP contribution in [0.15, 0.2) is 68.8 Å². The summed E-state index contributed by atoms with van der Waals surface area (Å²) in [5.41, 5.74) is 2.52. The van der Waals surface area contributed by atoms with E-state index in [-0.39, 0.29) is 34.5 Å². The molecule has 27 heavy (non-hydrogen) atoms. The first-order chi connectivity index (χ1) is 12.3. The molecule has 1 aliphatic rings. The number of anilines is 1. The molecule has 8 nitrogen and oxygen atoms in total. The second-order valence-electron chi connectivity index (χ2n) is 5.79. The van der Waals surface area contributed by atoms with E-state index >= 15 is 0 Å². The van der Waals surface area contributed by atoms with Gasteiger partial charge in [-0.3, -0.25) is 4.79 Å². The summed E-state index contributed by atoms with van der Waals surface area (Å²) >= 11 is 0. The van der Waals surface area contributed by atoms with Gasteiger partial charge >= 0.3 is 29.6 Å². The van der Waals surface area contributed by atoms with E-state index in [1.165, 1.54) is 12.1 Å². The van der Waals surface area contributed by atoms with Gasteiger partial charge in [0.2, 0.25) is 0 Å². The molecule has 0 spiro atoms. The zero-order chi connectivity index (χ0) is 18.9. The fourth-order valence-corrected chi connectivity index (χ4v) is 2.83. The van der Waals surface area contributed by atoms with Gasteiger partial charge in [0.15, 0.2) is 6.04 Å². The van der Waals surface area contributed by atoms with E-state index in [1.54, 1.807) is 19.1 Å². The van der Waals surface area contributed by atoms with E-state index in [1.807, 2.05) is 19.1 Å². The molecule has 0 fully saturated rings. The van der Waals surface area contributed by atoms with Crippen molar-refractivity contribution in [3.8, 4) is 0 Å². The Labute approximate surface area is 179 Å². The zero-order valence-corrected chi connectivity index (χ0v) is 17.8. The Bertz CT molecular complexity index is 1000. The minimum absolute atomic E-state index is 0.